The van der Waals surface area contributed by atoms with Crippen molar-refractivity contribution >= 4 is 34.3 Å². The van der Waals surface area contributed by atoms with Crippen molar-refractivity contribution in [3.8, 4) is 5.75 Å². The maximum Gasteiger partial charge on any atom is 0.348 e. The van der Waals surface area contributed by atoms with Gasteiger partial charge in [-0.2, -0.15) is 4.98 Å². The first-order valence-corrected chi connectivity index (χ1v) is 8.73. The van der Waals surface area contributed by atoms with Crippen LogP contribution < -0.4 is 15.7 Å². The Hall–Kier alpha value is -2.58. The Morgan fingerprint density at radius 2 is 2.31 bits per heavy atom. The van der Waals surface area contributed by atoms with Crippen LogP contribution in [0, 0.1) is 0 Å². The molecule has 0 bridgehead atoms. The summed E-state index contributed by atoms with van der Waals surface area (Å²) in [7, 11) is 1.53. The zero-order valence-electron chi connectivity index (χ0n) is 14.2. The van der Waals surface area contributed by atoms with Crippen LogP contribution in [-0.4, -0.2) is 33.2 Å². The van der Waals surface area contributed by atoms with E-state index in [1.54, 1.807) is 24.5 Å². The number of methoxy groups -OCH3 is 1. The number of benzene rings is 1. The molecule has 1 unspecified atom stereocenters. The highest BCUT2D eigenvalue weighted by Crippen LogP contribution is 2.35. The number of fused-ring (bicyclic) bond motifs is 1. The van der Waals surface area contributed by atoms with E-state index < -0.39 is 5.69 Å². The third-order valence-corrected chi connectivity index (χ3v) is 4.64. The Kier molecular flexibility index (Phi) is 4.52. The van der Waals surface area contributed by atoms with Gasteiger partial charge >= 0.3 is 5.69 Å². The van der Waals surface area contributed by atoms with Gasteiger partial charge in [0, 0.05) is 6.61 Å². The molecule has 26 heavy (non-hydrogen) atoms. The minimum atomic E-state index is -0.474. The van der Waals surface area contributed by atoms with E-state index in [1.165, 1.54) is 7.11 Å². The number of aromatic nitrogens is 4. The first-order valence-electron chi connectivity index (χ1n) is 8.35. The first kappa shape index (κ1) is 16.9. The van der Waals surface area contributed by atoms with Crippen LogP contribution in [0.4, 0.5) is 11.5 Å². The number of imidazole rings is 1. The predicted molar refractivity (Wildman–Crippen MR) is 98.3 cm³/mol. The Labute approximate surface area is 154 Å². The predicted octanol–water partition coefficient (Wildman–Crippen LogP) is 3.22. The molecule has 0 aliphatic carbocycles. The van der Waals surface area contributed by atoms with Crippen LogP contribution in [0.5, 0.6) is 5.75 Å². The van der Waals surface area contributed by atoms with Crippen molar-refractivity contribution in [2.24, 2.45) is 0 Å². The number of aromatic amines is 1. The normalized spacial score (nSPS) is 17.4. The molecule has 1 aliphatic rings. The Balaban J connectivity index is 1.78. The molecule has 3 heterocycles. The fourth-order valence-corrected chi connectivity index (χ4v) is 3.38. The zero-order valence-corrected chi connectivity index (χ0v) is 14.9. The summed E-state index contributed by atoms with van der Waals surface area (Å²) in [6, 6.07) is 5.32. The summed E-state index contributed by atoms with van der Waals surface area (Å²) in [6.45, 7) is 0.693. The van der Waals surface area contributed by atoms with Crippen LogP contribution >= 0.6 is 11.6 Å². The summed E-state index contributed by atoms with van der Waals surface area (Å²) in [5.41, 5.74) is 1.16. The number of nitrogens with one attached hydrogen (secondary N) is 2. The maximum absolute atomic E-state index is 12.1. The summed E-state index contributed by atoms with van der Waals surface area (Å²) in [6.07, 6.45) is 4.47. The van der Waals surface area contributed by atoms with Crippen LogP contribution in [0.3, 0.4) is 0 Å². The van der Waals surface area contributed by atoms with Gasteiger partial charge in [0.25, 0.3) is 0 Å². The molecule has 2 aromatic heterocycles. The Morgan fingerprint density at radius 1 is 1.42 bits per heavy atom. The molecule has 1 aliphatic heterocycles. The molecule has 1 aromatic carbocycles. The van der Waals surface area contributed by atoms with Gasteiger partial charge in [0.05, 0.1) is 24.1 Å². The molecule has 1 saturated heterocycles. The summed E-state index contributed by atoms with van der Waals surface area (Å²) >= 11 is 6.17. The summed E-state index contributed by atoms with van der Waals surface area (Å²) in [5, 5.41) is 3.61. The number of hydrogen-bond acceptors (Lipinski definition) is 6. The molecule has 8 nitrogen and oxygen atoms in total. The van der Waals surface area contributed by atoms with Crippen molar-refractivity contribution < 1.29 is 9.47 Å². The van der Waals surface area contributed by atoms with Gasteiger partial charge in [0.2, 0.25) is 0 Å². The summed E-state index contributed by atoms with van der Waals surface area (Å²) in [4.78, 5) is 23.3. The van der Waals surface area contributed by atoms with Gasteiger partial charge in [0.15, 0.2) is 11.4 Å². The fourth-order valence-electron chi connectivity index (χ4n) is 3.13. The van der Waals surface area contributed by atoms with Crippen LogP contribution in [0.15, 0.2) is 29.3 Å². The first-order chi connectivity index (χ1) is 12.7. The number of rotatable bonds is 4. The standard InChI is InChI=1S/C17H18ClN5O3/c1-25-14-10(18)5-4-6-11(14)20-15-13-16(22-17(24)21-15)23(9-19-13)12-7-2-3-8-26-12/h4-6,9,12H,2-3,7-8H2,1H3,(H2,20,21,22,24). The number of anilines is 2. The van der Waals surface area contributed by atoms with E-state index in [0.717, 1.165) is 19.3 Å². The van der Waals surface area contributed by atoms with Crippen LogP contribution in [0.25, 0.3) is 11.2 Å². The third-order valence-electron chi connectivity index (χ3n) is 4.34. The van der Waals surface area contributed by atoms with E-state index in [-0.39, 0.29) is 6.23 Å². The number of H-pyrrole nitrogens is 1. The van der Waals surface area contributed by atoms with Crippen molar-refractivity contribution in [2.75, 3.05) is 19.0 Å². The van der Waals surface area contributed by atoms with E-state index in [1.807, 2.05) is 4.57 Å². The summed E-state index contributed by atoms with van der Waals surface area (Å²) < 4.78 is 12.9. The number of ether oxygens (including phenoxy) is 2. The number of hydrogen-bond donors (Lipinski definition) is 2. The highest BCUT2D eigenvalue weighted by molar-refractivity contribution is 6.32. The average molecular weight is 376 g/mol. The highest BCUT2D eigenvalue weighted by Gasteiger charge is 2.21. The van der Waals surface area contributed by atoms with E-state index in [9.17, 15) is 4.79 Å². The molecule has 3 aromatic rings. The molecular formula is C17H18ClN5O3. The van der Waals surface area contributed by atoms with Crippen LogP contribution in [0.2, 0.25) is 5.02 Å². The van der Waals surface area contributed by atoms with Gasteiger partial charge in [-0.15, -0.1) is 0 Å². The molecule has 0 saturated carbocycles. The van der Waals surface area contributed by atoms with Gasteiger partial charge in [0.1, 0.15) is 17.6 Å². The number of para-hydroxylation sites is 1. The van der Waals surface area contributed by atoms with Crippen molar-refractivity contribution in [1.82, 2.24) is 19.5 Å². The molecule has 1 fully saturated rings. The van der Waals surface area contributed by atoms with Crippen LogP contribution in [0.1, 0.15) is 25.5 Å². The lowest BCUT2D eigenvalue weighted by atomic mass is 10.2. The van der Waals surface area contributed by atoms with Gasteiger partial charge in [-0.1, -0.05) is 17.7 Å². The minimum Gasteiger partial charge on any atom is -0.493 e. The molecule has 0 spiro atoms. The van der Waals surface area contributed by atoms with Gasteiger partial charge in [-0.3, -0.25) is 9.55 Å². The Morgan fingerprint density at radius 3 is 3.08 bits per heavy atom. The fraction of sp³-hybridized carbons (Fsp3) is 0.353. The number of halogens is 1. The largest absolute Gasteiger partial charge is 0.493 e. The molecule has 4 rings (SSSR count). The smallest absolute Gasteiger partial charge is 0.348 e. The topological polar surface area (TPSA) is 94.1 Å². The lowest BCUT2D eigenvalue weighted by Crippen LogP contribution is -2.20. The Bertz CT molecular complexity index is 994. The molecule has 9 heteroatoms. The third kappa shape index (κ3) is 3.02. The van der Waals surface area contributed by atoms with Crippen molar-refractivity contribution in [3.63, 3.8) is 0 Å². The second-order valence-electron chi connectivity index (χ2n) is 6.01. The lowest BCUT2D eigenvalue weighted by molar-refractivity contribution is -0.0298. The molecule has 0 radical (unpaired) electrons. The van der Waals surface area contributed by atoms with Gasteiger partial charge in [-0.05, 0) is 31.4 Å². The zero-order chi connectivity index (χ0) is 18.1. The SMILES string of the molecule is COc1c(Cl)cccc1Nc1[nH]c(=O)nc2c1ncn2C1CCCCO1. The van der Waals surface area contributed by atoms with Crippen molar-refractivity contribution in [3.05, 3.63) is 40.0 Å². The van der Waals surface area contributed by atoms with Gasteiger partial charge < -0.3 is 14.8 Å². The second kappa shape index (κ2) is 6.97. The van der Waals surface area contributed by atoms with Gasteiger partial charge in [-0.25, -0.2) is 9.78 Å². The number of nitrogens with zero attached hydrogens (tertiary/aromatic N) is 3. The van der Waals surface area contributed by atoms with Crippen LogP contribution in [-0.2, 0) is 4.74 Å². The molecule has 136 valence electrons. The van der Waals surface area contributed by atoms with Crippen molar-refractivity contribution in [1.29, 1.82) is 0 Å². The minimum absolute atomic E-state index is 0.156. The molecule has 0 amide bonds. The maximum atomic E-state index is 12.1. The average Bonchev–Trinajstić information content (AvgIpc) is 3.06. The molecule has 1 atom stereocenters. The highest BCUT2D eigenvalue weighted by atomic mass is 35.5. The van der Waals surface area contributed by atoms with E-state index in [4.69, 9.17) is 21.1 Å². The summed E-state index contributed by atoms with van der Waals surface area (Å²) in [5.74, 6) is 0.908. The van der Waals surface area contributed by atoms with E-state index in [2.05, 4.69) is 20.3 Å². The quantitative estimate of drug-likeness (QED) is 0.727. The monoisotopic (exact) mass is 375 g/mol. The molecular weight excluding hydrogens is 358 g/mol. The van der Waals surface area contributed by atoms with E-state index in [0.29, 0.717) is 40.0 Å². The molecule has 2 N–H and O–H groups in total. The lowest BCUT2D eigenvalue weighted by Gasteiger charge is -2.23. The second-order valence-corrected chi connectivity index (χ2v) is 6.42. The van der Waals surface area contributed by atoms with Crippen molar-refractivity contribution in [2.45, 2.75) is 25.5 Å². The van der Waals surface area contributed by atoms with E-state index >= 15 is 0 Å².